The van der Waals surface area contributed by atoms with Gasteiger partial charge < -0.3 is 13.7 Å². The Bertz CT molecular complexity index is 1720. The van der Waals surface area contributed by atoms with E-state index in [2.05, 4.69) is 0 Å². The van der Waals surface area contributed by atoms with Crippen molar-refractivity contribution in [2.45, 2.75) is 14.7 Å². The first-order valence-corrected chi connectivity index (χ1v) is 13.7. The molecule has 0 heterocycles. The van der Waals surface area contributed by atoms with E-state index < -0.39 is 132 Å². The van der Waals surface area contributed by atoms with Crippen LogP contribution in [0.25, 0.3) is 0 Å². The zero-order chi connectivity index (χ0) is 35.9. The first-order valence-electron chi connectivity index (χ1n) is 9.45. The van der Waals surface area contributed by atoms with Crippen molar-refractivity contribution in [1.29, 1.82) is 0 Å². The molecule has 9 nitrogen and oxygen atoms in total. The molecule has 0 fully saturated rings. The maximum Gasteiger partial charge on any atom is 3.00 e. The van der Waals surface area contributed by atoms with Crippen LogP contribution in [0.2, 0.25) is 0 Å². The molecule has 3 aromatic carbocycles. The Morgan fingerprint density at radius 3 is 0.435 bits per heavy atom. The third kappa shape index (κ3) is 8.66. The fraction of sp³-hybridized carbons (Fsp3) is 0. The number of benzene rings is 3. The van der Waals surface area contributed by atoms with E-state index in [1.54, 1.807) is 0 Å². The van der Waals surface area contributed by atoms with Gasteiger partial charge in [-0.2, -0.15) is 0 Å². The van der Waals surface area contributed by atoms with Gasteiger partial charge >= 0.3 is 19.8 Å². The van der Waals surface area contributed by atoms with E-state index in [-0.39, 0.29) is 19.8 Å². The van der Waals surface area contributed by atoms with Crippen molar-refractivity contribution in [3.05, 3.63) is 87.3 Å². The largest absolute Gasteiger partial charge is 3.00 e. The molecular formula is C18F15GaO9S3. The van der Waals surface area contributed by atoms with E-state index in [4.69, 9.17) is 0 Å². The van der Waals surface area contributed by atoms with Gasteiger partial charge in [0.15, 0.2) is 69.8 Å². The van der Waals surface area contributed by atoms with Crippen LogP contribution in [-0.4, -0.2) is 58.7 Å². The average Bonchev–Trinajstić information content (AvgIpc) is 2.89. The van der Waals surface area contributed by atoms with Crippen molar-refractivity contribution >= 4 is 50.1 Å². The van der Waals surface area contributed by atoms with Crippen molar-refractivity contribution < 1.29 is 105 Å². The molecule has 0 radical (unpaired) electrons. The molecule has 28 heteroatoms. The van der Waals surface area contributed by atoms with Crippen LogP contribution in [0.1, 0.15) is 0 Å². The molecule has 3 aromatic rings. The summed E-state index contributed by atoms with van der Waals surface area (Å²) in [6, 6.07) is 0. The minimum atomic E-state index is -5.77. The van der Waals surface area contributed by atoms with Gasteiger partial charge in [0, 0.05) is 0 Å². The van der Waals surface area contributed by atoms with Gasteiger partial charge in [-0.25, -0.2) is 91.1 Å². The van der Waals surface area contributed by atoms with E-state index in [1.165, 1.54) is 0 Å². The van der Waals surface area contributed by atoms with Gasteiger partial charge in [0.25, 0.3) is 0 Å². The first kappa shape index (κ1) is 43.0. The molecule has 0 aromatic heterocycles. The summed E-state index contributed by atoms with van der Waals surface area (Å²) >= 11 is 0. The summed E-state index contributed by atoms with van der Waals surface area (Å²) in [4.78, 5) is -7.13. The van der Waals surface area contributed by atoms with E-state index in [0.717, 1.165) is 0 Å². The maximum absolute atomic E-state index is 12.6. The summed E-state index contributed by atoms with van der Waals surface area (Å²) in [5, 5.41) is 0. The molecule has 0 saturated heterocycles. The van der Waals surface area contributed by atoms with Gasteiger partial charge in [-0.05, 0) is 0 Å². The Balaban J connectivity index is 0.000000653. The van der Waals surface area contributed by atoms with Gasteiger partial charge in [-0.3, -0.25) is 0 Å². The van der Waals surface area contributed by atoms with E-state index in [1.807, 2.05) is 0 Å². The standard InChI is InChI=1S/3C6HF5O3S.Ga/c3*7-1-2(8)4(10)6(15(12,13)14)5(11)3(1)9;/h3*(H,12,13,14);/q;;;+3/p-3. The van der Waals surface area contributed by atoms with E-state index in [9.17, 15) is 105 Å². The van der Waals surface area contributed by atoms with Crippen LogP contribution >= 0.6 is 0 Å². The van der Waals surface area contributed by atoms with Crippen molar-refractivity contribution in [1.82, 2.24) is 0 Å². The van der Waals surface area contributed by atoms with Crippen LogP contribution in [0, 0.1) is 87.3 Å². The molecule has 0 bridgehead atoms. The SMILES string of the molecule is O=S(=O)([O-])c1c(F)c(F)c(F)c(F)c1F.O=S(=O)([O-])c1c(F)c(F)c(F)c(F)c1F.O=S(=O)([O-])c1c(F)c(F)c(F)c(F)c1F.[Ga+3]. The van der Waals surface area contributed by atoms with Gasteiger partial charge in [0.2, 0.25) is 17.5 Å². The smallest absolute Gasteiger partial charge is 0.744 e. The summed E-state index contributed by atoms with van der Waals surface area (Å²) < 4.78 is 279. The van der Waals surface area contributed by atoms with Crippen LogP contribution < -0.4 is 0 Å². The Morgan fingerprint density at radius 1 is 0.261 bits per heavy atom. The second-order valence-electron chi connectivity index (χ2n) is 7.06. The molecule has 252 valence electrons. The second kappa shape index (κ2) is 14.8. The molecule has 0 saturated carbocycles. The van der Waals surface area contributed by atoms with Crippen molar-refractivity contribution in [2.24, 2.45) is 0 Å². The summed E-state index contributed by atoms with van der Waals surface area (Å²) in [6.07, 6.45) is 0. The van der Waals surface area contributed by atoms with Crippen LogP contribution in [0.5, 0.6) is 0 Å². The van der Waals surface area contributed by atoms with Gasteiger partial charge in [-0.15, -0.1) is 0 Å². The maximum atomic E-state index is 12.6. The topological polar surface area (TPSA) is 172 Å². The summed E-state index contributed by atoms with van der Waals surface area (Å²) in [5.74, 6) is -38.5. The predicted octanol–water partition coefficient (Wildman–Crippen LogP) is 3.48. The van der Waals surface area contributed by atoms with Crippen LogP contribution in [0.3, 0.4) is 0 Å². The third-order valence-electron chi connectivity index (χ3n) is 4.26. The Kier molecular flexibility index (Phi) is 13.8. The minimum absolute atomic E-state index is 0. The molecule has 0 atom stereocenters. The van der Waals surface area contributed by atoms with Crippen LogP contribution in [-0.2, 0) is 30.4 Å². The second-order valence-corrected chi connectivity index (χ2v) is 11.0. The molecule has 3 rings (SSSR count). The normalized spacial score (nSPS) is 11.6. The molecule has 0 aliphatic carbocycles. The molecule has 0 spiro atoms. The molecule has 46 heavy (non-hydrogen) atoms. The summed E-state index contributed by atoms with van der Waals surface area (Å²) in [5.41, 5.74) is 0. The molecule has 0 aliphatic heterocycles. The van der Waals surface area contributed by atoms with Crippen molar-refractivity contribution in [2.75, 3.05) is 0 Å². The minimum Gasteiger partial charge on any atom is -0.744 e. The Labute approximate surface area is 256 Å². The Morgan fingerprint density at radius 2 is 0.348 bits per heavy atom. The zero-order valence-electron chi connectivity index (χ0n) is 20.1. The number of rotatable bonds is 3. The number of hydrogen-bond donors (Lipinski definition) is 0. The average molecular weight is 811 g/mol. The monoisotopic (exact) mass is 810 g/mol. The summed E-state index contributed by atoms with van der Waals surface area (Å²) in [6.45, 7) is 0. The first-order chi connectivity index (χ1) is 20.0. The van der Waals surface area contributed by atoms with Crippen LogP contribution in [0.4, 0.5) is 65.9 Å². The number of hydrogen-bond acceptors (Lipinski definition) is 9. The quantitative estimate of drug-likeness (QED) is 0.126. The zero-order valence-corrected chi connectivity index (χ0v) is 25.0. The van der Waals surface area contributed by atoms with Gasteiger partial charge in [0.05, 0.1) is 0 Å². The number of halogens is 15. The fourth-order valence-corrected chi connectivity index (χ4v) is 4.27. The molecular weight excluding hydrogens is 811 g/mol. The van der Waals surface area contributed by atoms with E-state index in [0.29, 0.717) is 0 Å². The predicted molar refractivity (Wildman–Crippen MR) is 108 cm³/mol. The van der Waals surface area contributed by atoms with Crippen molar-refractivity contribution in [3.63, 3.8) is 0 Å². The van der Waals surface area contributed by atoms with Crippen LogP contribution in [0.15, 0.2) is 14.7 Å². The summed E-state index contributed by atoms with van der Waals surface area (Å²) in [7, 11) is -17.3. The third-order valence-corrected chi connectivity index (χ3v) is 6.83. The molecule has 0 unspecified atom stereocenters. The van der Waals surface area contributed by atoms with E-state index >= 15 is 0 Å². The Hall–Kier alpha value is -3.02. The molecule has 0 amide bonds. The van der Waals surface area contributed by atoms with Gasteiger partial charge in [0.1, 0.15) is 45.0 Å². The molecule has 0 N–H and O–H groups in total. The molecule has 0 aliphatic rings. The van der Waals surface area contributed by atoms with Gasteiger partial charge in [-0.1, -0.05) is 0 Å². The van der Waals surface area contributed by atoms with Crippen molar-refractivity contribution in [3.8, 4) is 0 Å². The fourth-order valence-electron chi connectivity index (χ4n) is 2.41.